The molecule has 2 aromatic carbocycles. The van der Waals surface area contributed by atoms with Crippen LogP contribution in [0.4, 0.5) is 4.79 Å². The van der Waals surface area contributed by atoms with E-state index in [0.717, 1.165) is 11.1 Å². The summed E-state index contributed by atoms with van der Waals surface area (Å²) in [6, 6.07) is 13.4. The normalized spacial score (nSPS) is 13.8. The third-order valence-corrected chi connectivity index (χ3v) is 4.02. The number of alkyl carbamates (subject to hydrolysis) is 1. The van der Waals surface area contributed by atoms with Crippen LogP contribution in [0.3, 0.4) is 0 Å². The molecule has 0 heterocycles. The van der Waals surface area contributed by atoms with E-state index < -0.39 is 23.8 Å². The van der Waals surface area contributed by atoms with Crippen LogP contribution in [0.15, 0.2) is 48.5 Å². The molecule has 0 radical (unpaired) electrons. The molecule has 3 N–H and O–H groups in total. The first kappa shape index (κ1) is 19.6. The van der Waals surface area contributed by atoms with Crippen molar-refractivity contribution in [3.63, 3.8) is 0 Å². The first-order valence-corrected chi connectivity index (χ1v) is 8.67. The number of benzene rings is 2. The predicted octanol–water partition coefficient (Wildman–Crippen LogP) is 5.26. The Bertz CT molecular complexity index is 710. The summed E-state index contributed by atoms with van der Waals surface area (Å²) in [4.78, 5) is 12.3. The molecule has 1 unspecified atom stereocenters. The van der Waals surface area contributed by atoms with Gasteiger partial charge in [0.15, 0.2) is 0 Å². The summed E-state index contributed by atoms with van der Waals surface area (Å²) in [5.41, 5.74) is 7.51. The van der Waals surface area contributed by atoms with Crippen LogP contribution in [-0.2, 0) is 4.74 Å². The zero-order valence-corrected chi connectivity index (χ0v) is 15.9. The summed E-state index contributed by atoms with van der Waals surface area (Å²) in [6.45, 7) is 5.43. The minimum Gasteiger partial charge on any atom is -0.444 e. The standard InChI is InChI=1S/C19H22Cl2N2O2/c1-19(2,3)25-18(24)23-17(13-6-10-15(21)11-7-13)16(22)12-4-8-14(20)9-5-12/h4-11,16-17H,22H2,1-3H3,(H,23,24)/t16?,17-/m1/s1. The molecule has 0 saturated carbocycles. The van der Waals surface area contributed by atoms with E-state index in [9.17, 15) is 4.79 Å². The van der Waals surface area contributed by atoms with Gasteiger partial charge in [-0.25, -0.2) is 4.79 Å². The molecule has 0 aliphatic carbocycles. The minimum atomic E-state index is -0.598. The van der Waals surface area contributed by atoms with E-state index >= 15 is 0 Å². The largest absolute Gasteiger partial charge is 0.444 e. The summed E-state index contributed by atoms with van der Waals surface area (Å²) in [5, 5.41) is 4.10. The number of carbonyl (C=O) groups is 1. The van der Waals surface area contributed by atoms with E-state index in [1.54, 1.807) is 24.3 Å². The number of amides is 1. The molecule has 0 fully saturated rings. The average Bonchev–Trinajstić information content (AvgIpc) is 2.52. The Balaban J connectivity index is 2.29. The van der Waals surface area contributed by atoms with Gasteiger partial charge in [0.05, 0.1) is 12.1 Å². The van der Waals surface area contributed by atoms with Crippen LogP contribution < -0.4 is 11.1 Å². The molecule has 1 amide bonds. The fourth-order valence-electron chi connectivity index (χ4n) is 2.36. The predicted molar refractivity (Wildman–Crippen MR) is 102 cm³/mol. The van der Waals surface area contributed by atoms with Crippen LogP contribution in [0.25, 0.3) is 0 Å². The second kappa shape index (κ2) is 8.09. The number of rotatable bonds is 4. The number of carbonyl (C=O) groups excluding carboxylic acids is 1. The summed E-state index contributed by atoms with van der Waals surface area (Å²) < 4.78 is 5.37. The molecule has 2 atom stereocenters. The lowest BCUT2D eigenvalue weighted by molar-refractivity contribution is 0.0495. The molecule has 0 aliphatic heterocycles. The van der Waals surface area contributed by atoms with E-state index in [-0.39, 0.29) is 0 Å². The maximum Gasteiger partial charge on any atom is 0.408 e. The van der Waals surface area contributed by atoms with E-state index in [2.05, 4.69) is 5.32 Å². The highest BCUT2D eigenvalue weighted by Gasteiger charge is 2.26. The number of halogens is 2. The smallest absolute Gasteiger partial charge is 0.408 e. The number of nitrogens with two attached hydrogens (primary N) is 1. The maximum absolute atomic E-state index is 12.3. The highest BCUT2D eigenvalue weighted by molar-refractivity contribution is 6.30. The first-order valence-electron chi connectivity index (χ1n) is 7.92. The molecule has 6 heteroatoms. The molecule has 0 spiro atoms. The third-order valence-electron chi connectivity index (χ3n) is 3.52. The Hall–Kier alpha value is -1.75. The van der Waals surface area contributed by atoms with Gasteiger partial charge in [0, 0.05) is 10.0 Å². The molecule has 0 bridgehead atoms. The van der Waals surface area contributed by atoms with Gasteiger partial charge in [-0.2, -0.15) is 0 Å². The van der Waals surface area contributed by atoms with Crippen LogP contribution in [0.2, 0.25) is 10.0 Å². The third kappa shape index (κ3) is 5.92. The monoisotopic (exact) mass is 380 g/mol. The fourth-order valence-corrected chi connectivity index (χ4v) is 2.61. The molecular formula is C19H22Cl2N2O2. The zero-order chi connectivity index (χ0) is 18.6. The maximum atomic E-state index is 12.3. The van der Waals surface area contributed by atoms with Crippen LogP contribution in [0.5, 0.6) is 0 Å². The number of nitrogens with one attached hydrogen (secondary N) is 1. The topological polar surface area (TPSA) is 64.3 Å². The second-order valence-electron chi connectivity index (χ2n) is 6.75. The van der Waals surface area contributed by atoms with Crippen molar-refractivity contribution >= 4 is 29.3 Å². The van der Waals surface area contributed by atoms with Crippen molar-refractivity contribution in [1.82, 2.24) is 5.32 Å². The van der Waals surface area contributed by atoms with Crippen molar-refractivity contribution in [3.05, 3.63) is 69.7 Å². The Labute approximate surface area is 158 Å². The van der Waals surface area contributed by atoms with E-state index in [1.165, 1.54) is 0 Å². The molecule has 2 rings (SSSR count). The Morgan fingerprint density at radius 1 is 0.960 bits per heavy atom. The summed E-state index contributed by atoms with van der Waals surface area (Å²) >= 11 is 11.9. The molecule has 0 saturated heterocycles. The van der Waals surface area contributed by atoms with E-state index in [0.29, 0.717) is 10.0 Å². The van der Waals surface area contributed by atoms with Crippen molar-refractivity contribution in [2.75, 3.05) is 0 Å². The molecule has 25 heavy (non-hydrogen) atoms. The molecule has 4 nitrogen and oxygen atoms in total. The van der Waals surface area contributed by atoms with Crippen LogP contribution in [0, 0.1) is 0 Å². The van der Waals surface area contributed by atoms with Gasteiger partial charge >= 0.3 is 6.09 Å². The Kier molecular flexibility index (Phi) is 6.33. The van der Waals surface area contributed by atoms with Gasteiger partial charge in [-0.15, -0.1) is 0 Å². The van der Waals surface area contributed by atoms with Crippen molar-refractivity contribution in [2.45, 2.75) is 38.5 Å². The van der Waals surface area contributed by atoms with Gasteiger partial charge in [0.25, 0.3) is 0 Å². The zero-order valence-electron chi connectivity index (χ0n) is 14.4. The van der Waals surface area contributed by atoms with Crippen LogP contribution in [-0.4, -0.2) is 11.7 Å². The van der Waals surface area contributed by atoms with Crippen LogP contribution >= 0.6 is 23.2 Å². The number of ether oxygens (including phenoxy) is 1. The van der Waals surface area contributed by atoms with Crippen molar-refractivity contribution in [3.8, 4) is 0 Å². The lowest BCUT2D eigenvalue weighted by atomic mass is 9.94. The average molecular weight is 381 g/mol. The van der Waals surface area contributed by atoms with Crippen molar-refractivity contribution in [2.24, 2.45) is 5.73 Å². The van der Waals surface area contributed by atoms with Gasteiger partial charge in [-0.05, 0) is 56.2 Å². The van der Waals surface area contributed by atoms with Gasteiger partial charge in [-0.3, -0.25) is 0 Å². The van der Waals surface area contributed by atoms with Crippen molar-refractivity contribution in [1.29, 1.82) is 0 Å². The van der Waals surface area contributed by atoms with E-state index in [4.69, 9.17) is 33.7 Å². The minimum absolute atomic E-state index is 0.478. The van der Waals surface area contributed by atoms with Gasteiger partial charge in [0.2, 0.25) is 0 Å². The summed E-state index contributed by atoms with van der Waals surface area (Å²) in [5.74, 6) is 0. The molecule has 0 aliphatic rings. The van der Waals surface area contributed by atoms with Crippen molar-refractivity contribution < 1.29 is 9.53 Å². The Morgan fingerprint density at radius 2 is 1.40 bits per heavy atom. The Morgan fingerprint density at radius 3 is 1.84 bits per heavy atom. The fraction of sp³-hybridized carbons (Fsp3) is 0.316. The lowest BCUT2D eigenvalue weighted by Crippen LogP contribution is -2.39. The molecule has 134 valence electrons. The van der Waals surface area contributed by atoms with Crippen LogP contribution in [0.1, 0.15) is 44.0 Å². The second-order valence-corrected chi connectivity index (χ2v) is 7.63. The van der Waals surface area contributed by atoms with Gasteiger partial charge in [0.1, 0.15) is 5.60 Å². The van der Waals surface area contributed by atoms with Gasteiger partial charge in [-0.1, -0.05) is 47.5 Å². The van der Waals surface area contributed by atoms with Gasteiger partial charge < -0.3 is 15.8 Å². The molecule has 0 aromatic heterocycles. The lowest BCUT2D eigenvalue weighted by Gasteiger charge is -2.28. The number of hydrogen-bond acceptors (Lipinski definition) is 3. The molecule has 2 aromatic rings. The highest BCUT2D eigenvalue weighted by atomic mass is 35.5. The highest BCUT2D eigenvalue weighted by Crippen LogP contribution is 2.29. The summed E-state index contributed by atoms with van der Waals surface area (Å²) in [6.07, 6.45) is -0.531. The SMILES string of the molecule is CC(C)(C)OC(=O)N[C@H](c1ccc(Cl)cc1)C(N)c1ccc(Cl)cc1. The number of hydrogen-bond donors (Lipinski definition) is 2. The summed E-state index contributed by atoms with van der Waals surface area (Å²) in [7, 11) is 0. The first-order chi connectivity index (χ1) is 11.7. The molecular weight excluding hydrogens is 359 g/mol. The van der Waals surface area contributed by atoms with E-state index in [1.807, 2.05) is 45.0 Å². The quantitative estimate of drug-likeness (QED) is 0.759.